The van der Waals surface area contributed by atoms with Crippen LogP contribution in [0.1, 0.15) is 61.0 Å². The van der Waals surface area contributed by atoms with Crippen molar-refractivity contribution in [2.45, 2.75) is 57.0 Å². The van der Waals surface area contributed by atoms with Crippen LogP contribution in [0.3, 0.4) is 0 Å². The van der Waals surface area contributed by atoms with Crippen molar-refractivity contribution < 1.29 is 27.5 Å². The van der Waals surface area contributed by atoms with Crippen molar-refractivity contribution in [3.63, 3.8) is 0 Å². The number of nitrogens with zero attached hydrogens (tertiary/aromatic N) is 3. The van der Waals surface area contributed by atoms with Crippen LogP contribution in [0.2, 0.25) is 0 Å². The van der Waals surface area contributed by atoms with Crippen LogP contribution in [-0.4, -0.2) is 60.1 Å². The number of rotatable bonds is 4. The summed E-state index contributed by atoms with van der Waals surface area (Å²) < 4.78 is 38.7. The molecule has 10 heteroatoms. The number of carbonyl (C=O) groups is 2. The number of amides is 1. The van der Waals surface area contributed by atoms with Gasteiger partial charge in [0.25, 0.3) is 10.0 Å². The molecule has 0 spiro atoms. The highest BCUT2D eigenvalue weighted by molar-refractivity contribution is 7.90. The zero-order valence-electron chi connectivity index (χ0n) is 21.1. The van der Waals surface area contributed by atoms with E-state index in [0.29, 0.717) is 31.3 Å². The van der Waals surface area contributed by atoms with Crippen LogP contribution in [0.25, 0.3) is 11.0 Å². The van der Waals surface area contributed by atoms with Crippen LogP contribution < -0.4 is 0 Å². The molecule has 1 aliphatic heterocycles. The van der Waals surface area contributed by atoms with Crippen LogP contribution in [0.15, 0.2) is 47.6 Å². The Kier molecular flexibility index (Phi) is 6.83. The van der Waals surface area contributed by atoms with Crippen molar-refractivity contribution in [2.24, 2.45) is 0 Å². The molecule has 1 fully saturated rings. The Hall–Kier alpha value is -3.40. The third kappa shape index (κ3) is 5.09. The molecule has 0 unspecified atom stereocenters. The zero-order valence-corrected chi connectivity index (χ0v) is 22.0. The van der Waals surface area contributed by atoms with Crippen LogP contribution in [0, 0.1) is 6.92 Å². The summed E-state index contributed by atoms with van der Waals surface area (Å²) in [7, 11) is -2.65. The van der Waals surface area contributed by atoms with Crippen LogP contribution in [-0.2, 0) is 19.5 Å². The number of carbonyl (C=O) groups excluding carboxylic acids is 2. The van der Waals surface area contributed by atoms with Crippen molar-refractivity contribution in [1.29, 1.82) is 0 Å². The van der Waals surface area contributed by atoms with E-state index in [1.807, 2.05) is 27.7 Å². The van der Waals surface area contributed by atoms with E-state index < -0.39 is 21.6 Å². The molecule has 0 bridgehead atoms. The smallest absolute Gasteiger partial charge is 0.410 e. The summed E-state index contributed by atoms with van der Waals surface area (Å²) in [6, 6.07) is 8.25. The number of esters is 1. The maximum atomic E-state index is 13.6. The van der Waals surface area contributed by atoms with E-state index >= 15 is 0 Å². The molecule has 2 aromatic heterocycles. The van der Waals surface area contributed by atoms with Crippen molar-refractivity contribution in [1.82, 2.24) is 13.9 Å². The van der Waals surface area contributed by atoms with Gasteiger partial charge in [0.15, 0.2) is 5.65 Å². The van der Waals surface area contributed by atoms with Gasteiger partial charge in [-0.15, -0.1) is 0 Å². The second-order valence-corrected chi connectivity index (χ2v) is 11.8. The van der Waals surface area contributed by atoms with E-state index in [1.165, 1.54) is 17.3 Å². The molecule has 9 nitrogen and oxygen atoms in total. The standard InChI is InChI=1S/C26H31N3O6S/c1-17-6-8-20(9-7-17)36(32,33)29-16-22(21-14-19(24(30)34-5)15-27-23(21)29)18-10-12-28(13-11-18)25(31)35-26(2,3)4/h6-9,14-16,18H,10-13H2,1-5H3. The maximum absolute atomic E-state index is 13.6. The molecule has 0 atom stereocenters. The summed E-state index contributed by atoms with van der Waals surface area (Å²) in [6.07, 6.45) is 3.79. The van der Waals surface area contributed by atoms with Crippen molar-refractivity contribution in [2.75, 3.05) is 20.2 Å². The number of aromatic nitrogens is 2. The number of benzene rings is 1. The lowest BCUT2D eigenvalue weighted by atomic mass is 9.89. The Morgan fingerprint density at radius 3 is 2.31 bits per heavy atom. The lowest BCUT2D eigenvalue weighted by Crippen LogP contribution is -2.41. The Morgan fingerprint density at radius 2 is 1.72 bits per heavy atom. The first-order valence-electron chi connectivity index (χ1n) is 11.8. The molecule has 3 heterocycles. The number of likely N-dealkylation sites (tertiary alicyclic amines) is 1. The number of pyridine rings is 1. The number of ether oxygens (including phenoxy) is 2. The normalized spacial score (nSPS) is 15.2. The van der Waals surface area contributed by atoms with E-state index in [4.69, 9.17) is 9.47 Å². The molecular weight excluding hydrogens is 482 g/mol. The molecule has 192 valence electrons. The van der Waals surface area contributed by atoms with Gasteiger partial charge in [-0.1, -0.05) is 17.7 Å². The average Bonchev–Trinajstić information content (AvgIpc) is 3.22. The van der Waals surface area contributed by atoms with Crippen LogP contribution in [0.5, 0.6) is 0 Å². The fourth-order valence-corrected chi connectivity index (χ4v) is 5.70. The Balaban J connectivity index is 1.73. The fraction of sp³-hybridized carbons (Fsp3) is 0.423. The molecular formula is C26H31N3O6S. The predicted octanol–water partition coefficient (Wildman–Crippen LogP) is 4.48. The molecule has 0 saturated carbocycles. The molecule has 1 saturated heterocycles. The van der Waals surface area contributed by atoms with Gasteiger partial charge in [-0.2, -0.15) is 0 Å². The van der Waals surface area contributed by atoms with Gasteiger partial charge in [-0.3, -0.25) is 0 Å². The molecule has 36 heavy (non-hydrogen) atoms. The quantitative estimate of drug-likeness (QED) is 0.473. The van der Waals surface area contributed by atoms with Crippen LogP contribution >= 0.6 is 0 Å². The molecule has 1 aliphatic rings. The lowest BCUT2D eigenvalue weighted by molar-refractivity contribution is 0.0205. The zero-order chi connectivity index (χ0) is 26.3. The van der Waals surface area contributed by atoms with Crippen LogP contribution in [0.4, 0.5) is 4.79 Å². The van der Waals surface area contributed by atoms with Crippen molar-refractivity contribution >= 4 is 33.1 Å². The number of hydrogen-bond donors (Lipinski definition) is 0. The first-order chi connectivity index (χ1) is 16.9. The number of methoxy groups -OCH3 is 1. The Morgan fingerprint density at radius 1 is 1.08 bits per heavy atom. The van der Waals surface area contributed by atoms with E-state index in [2.05, 4.69) is 4.98 Å². The third-order valence-corrected chi connectivity index (χ3v) is 7.89. The van der Waals surface area contributed by atoms with Gasteiger partial charge in [0.05, 0.1) is 17.6 Å². The summed E-state index contributed by atoms with van der Waals surface area (Å²) in [5.74, 6) is -0.584. The summed E-state index contributed by atoms with van der Waals surface area (Å²) in [4.78, 5) is 30.9. The summed E-state index contributed by atoms with van der Waals surface area (Å²) in [5.41, 5.74) is 1.62. The highest BCUT2D eigenvalue weighted by Crippen LogP contribution is 2.36. The minimum absolute atomic E-state index is 0.0321. The number of hydrogen-bond acceptors (Lipinski definition) is 7. The highest BCUT2D eigenvalue weighted by Gasteiger charge is 2.31. The first kappa shape index (κ1) is 25.7. The molecule has 1 amide bonds. The molecule has 4 rings (SSSR count). The highest BCUT2D eigenvalue weighted by atomic mass is 32.2. The van der Waals surface area contributed by atoms with Gasteiger partial charge in [-0.25, -0.2) is 27.0 Å². The minimum Gasteiger partial charge on any atom is -0.465 e. The monoisotopic (exact) mass is 513 g/mol. The summed E-state index contributed by atoms with van der Waals surface area (Å²) in [5, 5.41) is 0.573. The molecule has 3 aromatic rings. The summed E-state index contributed by atoms with van der Waals surface area (Å²) >= 11 is 0. The second kappa shape index (κ2) is 9.57. The molecule has 0 aliphatic carbocycles. The van der Waals surface area contributed by atoms with Gasteiger partial charge in [-0.05, 0) is 70.2 Å². The maximum Gasteiger partial charge on any atom is 0.410 e. The Bertz CT molecular complexity index is 1400. The van der Waals surface area contributed by atoms with Gasteiger partial charge in [0.2, 0.25) is 0 Å². The van der Waals surface area contributed by atoms with E-state index in [-0.39, 0.29) is 28.1 Å². The summed E-state index contributed by atoms with van der Waals surface area (Å²) in [6.45, 7) is 8.31. The third-order valence-electron chi connectivity index (χ3n) is 6.23. The molecule has 1 aromatic carbocycles. The molecule has 0 N–H and O–H groups in total. The second-order valence-electron chi connectivity index (χ2n) is 10.0. The van der Waals surface area contributed by atoms with Gasteiger partial charge < -0.3 is 14.4 Å². The fourth-order valence-electron chi connectivity index (χ4n) is 4.36. The van der Waals surface area contributed by atoms with Gasteiger partial charge in [0.1, 0.15) is 5.60 Å². The largest absolute Gasteiger partial charge is 0.465 e. The Labute approximate surface area is 211 Å². The average molecular weight is 514 g/mol. The number of aryl methyl sites for hydroxylation is 1. The molecule has 0 radical (unpaired) electrons. The van der Waals surface area contributed by atoms with E-state index in [0.717, 1.165) is 11.1 Å². The van der Waals surface area contributed by atoms with Crippen molar-refractivity contribution in [3.05, 3.63) is 59.4 Å². The van der Waals surface area contributed by atoms with Gasteiger partial charge in [0, 0.05) is 30.9 Å². The number of piperidine rings is 1. The SMILES string of the molecule is COC(=O)c1cnc2c(c1)c(C1CCN(C(=O)OC(C)(C)C)CC1)cn2S(=O)(=O)c1ccc(C)cc1. The van der Waals surface area contributed by atoms with E-state index in [9.17, 15) is 18.0 Å². The number of fused-ring (bicyclic) bond motifs is 1. The minimum atomic E-state index is -3.93. The van der Waals surface area contributed by atoms with Gasteiger partial charge >= 0.3 is 12.1 Å². The van der Waals surface area contributed by atoms with E-state index in [1.54, 1.807) is 41.4 Å². The van der Waals surface area contributed by atoms with Crippen molar-refractivity contribution in [3.8, 4) is 0 Å². The lowest BCUT2D eigenvalue weighted by Gasteiger charge is -2.33. The predicted molar refractivity (Wildman–Crippen MR) is 135 cm³/mol. The first-order valence-corrected chi connectivity index (χ1v) is 13.2. The topological polar surface area (TPSA) is 108 Å².